The number of hydrogen-bond donors (Lipinski definition) is 0. The third-order valence-electron chi connectivity index (χ3n) is 10.4. The van der Waals surface area contributed by atoms with Gasteiger partial charge in [-0.1, -0.05) is 34.1 Å². The molecule has 0 radical (unpaired) electrons. The zero-order valence-corrected chi connectivity index (χ0v) is 18.7. The van der Waals surface area contributed by atoms with Gasteiger partial charge in [0.2, 0.25) is 0 Å². The molecule has 0 spiro atoms. The van der Waals surface area contributed by atoms with Crippen LogP contribution in [0.25, 0.3) is 0 Å². The Morgan fingerprint density at radius 1 is 0.519 bits per heavy atom. The predicted octanol–water partition coefficient (Wildman–Crippen LogP) is 7.70. The molecule has 0 aromatic rings. The van der Waals surface area contributed by atoms with E-state index in [1.165, 1.54) is 77.9 Å². The topological polar surface area (TPSA) is 0 Å². The maximum Gasteiger partial charge on any atom is -0.0149 e. The van der Waals surface area contributed by atoms with Gasteiger partial charge in [0.25, 0.3) is 0 Å². The Hall–Kier alpha value is 0.430. The van der Waals surface area contributed by atoms with Gasteiger partial charge in [0.1, 0.15) is 0 Å². The lowest BCUT2D eigenvalue weighted by atomic mass is 9.55. The molecule has 0 unspecified atom stereocenters. The van der Waals surface area contributed by atoms with Crippen LogP contribution >= 0.6 is 7.92 Å². The summed E-state index contributed by atoms with van der Waals surface area (Å²) >= 11 is 0. The molecule has 0 N–H and O–H groups in total. The van der Waals surface area contributed by atoms with Gasteiger partial charge in [-0.25, -0.2) is 0 Å². The van der Waals surface area contributed by atoms with Crippen LogP contribution < -0.4 is 0 Å². The summed E-state index contributed by atoms with van der Waals surface area (Å²) in [5, 5.41) is 0. The van der Waals surface area contributed by atoms with Crippen LogP contribution in [-0.2, 0) is 0 Å². The molecule has 1 heteroatoms. The van der Waals surface area contributed by atoms with E-state index in [1.54, 1.807) is 76.8 Å². The molecule has 8 aliphatic carbocycles. The second-order valence-electron chi connectivity index (χ2n) is 12.1. The van der Waals surface area contributed by atoms with Gasteiger partial charge in [-0.05, 0) is 135 Å². The van der Waals surface area contributed by atoms with Crippen molar-refractivity contribution in [2.45, 2.75) is 108 Å². The monoisotopic (exact) mass is 386 g/mol. The molecule has 8 aliphatic rings. The molecular formula is C26H43P. The maximum absolute atomic E-state index is 2.39. The van der Waals surface area contributed by atoms with E-state index >= 15 is 0 Å². The highest BCUT2D eigenvalue weighted by molar-refractivity contribution is 7.59. The molecule has 0 atom stereocenters. The fraction of sp³-hybridized carbons (Fsp3) is 1.00. The van der Waals surface area contributed by atoms with E-state index in [9.17, 15) is 0 Å². The minimum atomic E-state index is 0.323. The van der Waals surface area contributed by atoms with E-state index in [-0.39, 0.29) is 0 Å². The van der Waals surface area contributed by atoms with Crippen molar-refractivity contribution in [3.8, 4) is 0 Å². The lowest BCUT2D eigenvalue weighted by Gasteiger charge is -2.62. The Bertz CT molecular complexity index is 440. The van der Waals surface area contributed by atoms with Crippen molar-refractivity contribution in [3.05, 3.63) is 0 Å². The molecule has 0 heterocycles. The van der Waals surface area contributed by atoms with Crippen molar-refractivity contribution in [2.24, 2.45) is 47.3 Å². The molecule has 8 bridgehead atoms. The summed E-state index contributed by atoms with van der Waals surface area (Å²) in [7, 11) is 0.323. The van der Waals surface area contributed by atoms with E-state index in [1.807, 2.05) is 0 Å². The second-order valence-corrected chi connectivity index (χ2v) is 14.8. The van der Waals surface area contributed by atoms with Crippen LogP contribution in [0.2, 0.25) is 0 Å². The minimum Gasteiger partial charge on any atom is -0.0992 e. The van der Waals surface area contributed by atoms with E-state index in [0.717, 1.165) is 0 Å². The van der Waals surface area contributed by atoms with Gasteiger partial charge in [0, 0.05) is 0 Å². The SMILES string of the molecule is CCCCCCP(C1C2CC3CC(C2)CC1C3)C1C2CC3CC(C2)CC1C3. The Balaban J connectivity index is 1.25. The normalized spacial score (nSPS) is 53.2. The molecule has 0 nitrogen and oxygen atoms in total. The molecule has 0 amide bonds. The highest BCUT2D eigenvalue weighted by Crippen LogP contribution is 2.71. The molecule has 8 rings (SSSR count). The summed E-state index contributed by atoms with van der Waals surface area (Å²) in [5.41, 5.74) is 2.47. The van der Waals surface area contributed by atoms with Crippen LogP contribution in [0, 0.1) is 47.3 Å². The fourth-order valence-corrected chi connectivity index (χ4v) is 14.8. The van der Waals surface area contributed by atoms with Crippen molar-refractivity contribution >= 4 is 7.92 Å². The third-order valence-corrected chi connectivity index (χ3v) is 14.4. The molecule has 152 valence electrons. The molecule has 8 fully saturated rings. The molecule has 27 heavy (non-hydrogen) atoms. The van der Waals surface area contributed by atoms with Gasteiger partial charge >= 0.3 is 0 Å². The van der Waals surface area contributed by atoms with Gasteiger partial charge in [-0.15, -0.1) is 0 Å². The highest BCUT2D eigenvalue weighted by Gasteiger charge is 2.56. The van der Waals surface area contributed by atoms with Crippen LogP contribution in [0.1, 0.15) is 96.8 Å². The highest BCUT2D eigenvalue weighted by atomic mass is 31.1. The van der Waals surface area contributed by atoms with Crippen LogP contribution in [0.3, 0.4) is 0 Å². The van der Waals surface area contributed by atoms with E-state index < -0.39 is 0 Å². The summed E-state index contributed by atoms with van der Waals surface area (Å²) in [5.74, 6) is 9.43. The predicted molar refractivity (Wildman–Crippen MR) is 118 cm³/mol. The summed E-state index contributed by atoms with van der Waals surface area (Å²) in [6.07, 6.45) is 24.3. The lowest BCUT2D eigenvalue weighted by Crippen LogP contribution is -2.53. The van der Waals surface area contributed by atoms with Crippen molar-refractivity contribution < 1.29 is 0 Å². The van der Waals surface area contributed by atoms with Crippen LogP contribution in [0.5, 0.6) is 0 Å². The van der Waals surface area contributed by atoms with Gasteiger partial charge < -0.3 is 0 Å². The Morgan fingerprint density at radius 2 is 0.926 bits per heavy atom. The first-order valence-corrected chi connectivity index (χ1v) is 14.7. The first-order valence-electron chi connectivity index (χ1n) is 13.0. The number of hydrogen-bond acceptors (Lipinski definition) is 0. The molecule has 0 saturated heterocycles. The standard InChI is InChI=1S/C26H43P/c1-2-3-4-5-6-27(25-21-9-17-7-18(11-21)12-22(25)10-17)26-23-13-19-8-20(15-23)16-24(26)14-19/h17-26H,2-16H2,1H3. The van der Waals surface area contributed by atoms with Crippen molar-refractivity contribution in [1.29, 1.82) is 0 Å². The average Bonchev–Trinajstić information content (AvgIpc) is 2.62. The summed E-state index contributed by atoms with van der Waals surface area (Å²) in [4.78, 5) is 0. The van der Waals surface area contributed by atoms with Crippen LogP contribution in [0.15, 0.2) is 0 Å². The van der Waals surface area contributed by atoms with Gasteiger partial charge in [-0.2, -0.15) is 0 Å². The molecule has 0 aromatic heterocycles. The average molecular weight is 387 g/mol. The Kier molecular flexibility index (Phi) is 4.92. The van der Waals surface area contributed by atoms with Gasteiger partial charge in [0.05, 0.1) is 0 Å². The minimum absolute atomic E-state index is 0.323. The summed E-state index contributed by atoms with van der Waals surface area (Å²) in [6, 6.07) is 0. The van der Waals surface area contributed by atoms with Crippen LogP contribution in [-0.4, -0.2) is 17.5 Å². The quantitative estimate of drug-likeness (QED) is 0.310. The fourth-order valence-electron chi connectivity index (χ4n) is 10.1. The summed E-state index contributed by atoms with van der Waals surface area (Å²) in [6.45, 7) is 2.39. The first kappa shape index (κ1) is 18.2. The summed E-state index contributed by atoms with van der Waals surface area (Å²) < 4.78 is 0. The van der Waals surface area contributed by atoms with E-state index in [4.69, 9.17) is 0 Å². The molecule has 0 aromatic carbocycles. The third kappa shape index (κ3) is 3.18. The Morgan fingerprint density at radius 3 is 1.30 bits per heavy atom. The van der Waals surface area contributed by atoms with Crippen molar-refractivity contribution in [1.82, 2.24) is 0 Å². The lowest BCUT2D eigenvalue weighted by molar-refractivity contribution is 0.0129. The Labute approximate surface area is 169 Å². The van der Waals surface area contributed by atoms with E-state index in [0.29, 0.717) is 7.92 Å². The van der Waals surface area contributed by atoms with Gasteiger partial charge in [0.15, 0.2) is 0 Å². The molecule has 8 saturated carbocycles. The first-order chi connectivity index (χ1) is 13.3. The smallest absolute Gasteiger partial charge is 0.0149 e. The second kappa shape index (κ2) is 7.29. The van der Waals surface area contributed by atoms with Crippen molar-refractivity contribution in [2.75, 3.05) is 6.16 Å². The van der Waals surface area contributed by atoms with Gasteiger partial charge in [-0.3, -0.25) is 0 Å². The number of rotatable bonds is 7. The zero-order valence-electron chi connectivity index (χ0n) is 17.8. The van der Waals surface area contributed by atoms with Crippen molar-refractivity contribution in [3.63, 3.8) is 0 Å². The molecular weight excluding hydrogens is 343 g/mol. The number of unbranched alkanes of at least 4 members (excludes halogenated alkanes) is 3. The van der Waals surface area contributed by atoms with Crippen LogP contribution in [0.4, 0.5) is 0 Å². The maximum atomic E-state index is 2.39. The zero-order chi connectivity index (χ0) is 18.0. The molecule has 0 aliphatic heterocycles. The largest absolute Gasteiger partial charge is 0.0992 e. The van der Waals surface area contributed by atoms with E-state index in [2.05, 4.69) is 6.92 Å².